The van der Waals surface area contributed by atoms with E-state index in [-0.39, 0.29) is 10.6 Å². The first-order valence-electron chi connectivity index (χ1n) is 5.44. The maximum absolute atomic E-state index is 13.0. The number of hydrogen-bond acceptors (Lipinski definition) is 3. The van der Waals surface area contributed by atoms with Crippen molar-refractivity contribution in [1.29, 1.82) is 0 Å². The topological polar surface area (TPSA) is 55.4 Å². The lowest BCUT2D eigenvalue weighted by atomic mass is 10.3. The Morgan fingerprint density at radius 2 is 1.79 bits per heavy atom. The third kappa shape index (κ3) is 3.23. The number of benzene rings is 2. The Kier molecular flexibility index (Phi) is 3.71. The van der Waals surface area contributed by atoms with E-state index >= 15 is 0 Å². The standard InChI is InChI=1S/C13H12FNO3S/c1-18-12-5-7-13(8-6-12)19(16,17)15-11-4-2-3-10(14)9-11/h2-9,15H,1H3. The summed E-state index contributed by atoms with van der Waals surface area (Å²) in [5.74, 6) is 0.0552. The molecule has 6 heteroatoms. The van der Waals surface area contributed by atoms with E-state index in [9.17, 15) is 12.8 Å². The lowest BCUT2D eigenvalue weighted by molar-refractivity contribution is 0.414. The van der Waals surface area contributed by atoms with Crippen molar-refractivity contribution in [2.45, 2.75) is 4.90 Å². The Balaban J connectivity index is 2.27. The first-order chi connectivity index (χ1) is 9.01. The fraction of sp³-hybridized carbons (Fsp3) is 0.0769. The first-order valence-corrected chi connectivity index (χ1v) is 6.92. The van der Waals surface area contributed by atoms with Crippen molar-refractivity contribution in [1.82, 2.24) is 0 Å². The average Bonchev–Trinajstić information content (AvgIpc) is 2.38. The molecule has 4 nitrogen and oxygen atoms in total. The van der Waals surface area contributed by atoms with Gasteiger partial charge in [-0.15, -0.1) is 0 Å². The van der Waals surface area contributed by atoms with Crippen molar-refractivity contribution < 1.29 is 17.5 Å². The number of ether oxygens (including phenoxy) is 1. The molecule has 100 valence electrons. The summed E-state index contributed by atoms with van der Waals surface area (Å²) in [4.78, 5) is 0.0811. The zero-order valence-corrected chi connectivity index (χ0v) is 10.9. The fourth-order valence-corrected chi connectivity index (χ4v) is 2.57. The summed E-state index contributed by atoms with van der Waals surface area (Å²) in [6, 6.07) is 11.2. The highest BCUT2D eigenvalue weighted by Crippen LogP contribution is 2.19. The van der Waals surface area contributed by atoms with Gasteiger partial charge in [0.05, 0.1) is 17.7 Å². The van der Waals surface area contributed by atoms with Crippen LogP contribution in [0.2, 0.25) is 0 Å². The number of hydrogen-bond donors (Lipinski definition) is 1. The van der Waals surface area contributed by atoms with E-state index in [2.05, 4.69) is 4.72 Å². The highest BCUT2D eigenvalue weighted by atomic mass is 32.2. The van der Waals surface area contributed by atoms with Gasteiger partial charge in [-0.3, -0.25) is 4.72 Å². The fourth-order valence-electron chi connectivity index (χ4n) is 1.52. The molecular weight excluding hydrogens is 269 g/mol. The summed E-state index contributed by atoms with van der Waals surface area (Å²) in [6.07, 6.45) is 0. The minimum atomic E-state index is -3.73. The van der Waals surface area contributed by atoms with E-state index in [4.69, 9.17) is 4.74 Å². The Morgan fingerprint density at radius 1 is 1.11 bits per heavy atom. The second kappa shape index (κ2) is 5.27. The minimum absolute atomic E-state index is 0.0811. The number of halogens is 1. The van der Waals surface area contributed by atoms with Gasteiger partial charge in [0.15, 0.2) is 0 Å². The molecule has 0 spiro atoms. The van der Waals surface area contributed by atoms with Gasteiger partial charge in [-0.05, 0) is 42.5 Å². The van der Waals surface area contributed by atoms with Gasteiger partial charge in [-0.2, -0.15) is 0 Å². The van der Waals surface area contributed by atoms with Gasteiger partial charge < -0.3 is 4.74 Å². The maximum Gasteiger partial charge on any atom is 0.261 e. The molecule has 0 aliphatic heterocycles. The second-order valence-electron chi connectivity index (χ2n) is 3.79. The first kappa shape index (κ1) is 13.4. The molecule has 0 saturated carbocycles. The van der Waals surface area contributed by atoms with Crippen molar-refractivity contribution in [2.75, 3.05) is 11.8 Å². The quantitative estimate of drug-likeness (QED) is 0.937. The third-order valence-corrected chi connectivity index (χ3v) is 3.84. The highest BCUT2D eigenvalue weighted by Gasteiger charge is 2.14. The predicted octanol–water partition coefficient (Wildman–Crippen LogP) is 2.64. The summed E-state index contributed by atoms with van der Waals surface area (Å²) in [6.45, 7) is 0. The molecule has 0 unspecified atom stereocenters. The molecule has 2 rings (SSSR count). The van der Waals surface area contributed by atoms with E-state index < -0.39 is 15.8 Å². The number of nitrogens with one attached hydrogen (secondary N) is 1. The van der Waals surface area contributed by atoms with Gasteiger partial charge >= 0.3 is 0 Å². The molecule has 0 bridgehead atoms. The predicted molar refractivity (Wildman–Crippen MR) is 70.2 cm³/mol. The Labute approximate surface area is 110 Å². The SMILES string of the molecule is COc1ccc(S(=O)(=O)Nc2cccc(F)c2)cc1. The summed E-state index contributed by atoms with van der Waals surface area (Å²) in [5, 5.41) is 0. The van der Waals surface area contributed by atoms with Crippen LogP contribution in [0.25, 0.3) is 0 Å². The lowest BCUT2D eigenvalue weighted by Crippen LogP contribution is -2.12. The summed E-state index contributed by atoms with van der Waals surface area (Å²) >= 11 is 0. The van der Waals surface area contributed by atoms with Gasteiger partial charge in [-0.25, -0.2) is 12.8 Å². The molecule has 0 fully saturated rings. The van der Waals surface area contributed by atoms with Crippen LogP contribution in [0.3, 0.4) is 0 Å². The maximum atomic E-state index is 13.0. The van der Waals surface area contributed by atoms with Crippen molar-refractivity contribution >= 4 is 15.7 Å². The molecule has 19 heavy (non-hydrogen) atoms. The molecule has 0 atom stereocenters. The lowest BCUT2D eigenvalue weighted by Gasteiger charge is -2.08. The van der Waals surface area contributed by atoms with Crippen LogP contribution in [0.4, 0.5) is 10.1 Å². The molecule has 0 radical (unpaired) electrons. The van der Waals surface area contributed by atoms with Crippen molar-refractivity contribution in [3.8, 4) is 5.75 Å². The molecule has 0 aromatic heterocycles. The van der Waals surface area contributed by atoms with Crippen LogP contribution in [0.1, 0.15) is 0 Å². The molecule has 0 saturated heterocycles. The van der Waals surface area contributed by atoms with E-state index in [1.54, 1.807) is 12.1 Å². The van der Waals surface area contributed by atoms with Crippen LogP contribution in [0.5, 0.6) is 5.75 Å². The molecule has 2 aromatic rings. The average molecular weight is 281 g/mol. The second-order valence-corrected chi connectivity index (χ2v) is 5.47. The van der Waals surface area contributed by atoms with Crippen LogP contribution in [0, 0.1) is 5.82 Å². The smallest absolute Gasteiger partial charge is 0.261 e. The van der Waals surface area contributed by atoms with Crippen LogP contribution < -0.4 is 9.46 Å². The zero-order chi connectivity index (χ0) is 13.9. The van der Waals surface area contributed by atoms with Crippen molar-refractivity contribution in [2.24, 2.45) is 0 Å². The van der Waals surface area contributed by atoms with Gasteiger partial charge in [0.25, 0.3) is 10.0 Å². The monoisotopic (exact) mass is 281 g/mol. The molecule has 1 N–H and O–H groups in total. The summed E-state index contributed by atoms with van der Waals surface area (Å²) in [5.41, 5.74) is 0.177. The van der Waals surface area contributed by atoms with E-state index in [0.717, 1.165) is 6.07 Å². The summed E-state index contributed by atoms with van der Waals surface area (Å²) < 4.78 is 44.3. The van der Waals surface area contributed by atoms with Crippen molar-refractivity contribution in [3.05, 3.63) is 54.3 Å². The third-order valence-electron chi connectivity index (χ3n) is 2.45. The highest BCUT2D eigenvalue weighted by molar-refractivity contribution is 7.92. The number of sulfonamides is 1. The van der Waals surface area contributed by atoms with Crippen LogP contribution in [0.15, 0.2) is 53.4 Å². The molecular formula is C13H12FNO3S. The Hall–Kier alpha value is -2.08. The van der Waals surface area contributed by atoms with Gasteiger partial charge in [0.2, 0.25) is 0 Å². The van der Waals surface area contributed by atoms with Gasteiger partial charge in [0, 0.05) is 0 Å². The molecule has 0 amide bonds. The van der Waals surface area contributed by atoms with E-state index in [1.807, 2.05) is 0 Å². The molecule has 0 aliphatic carbocycles. The molecule has 2 aromatic carbocycles. The van der Waals surface area contributed by atoms with Crippen LogP contribution in [-0.2, 0) is 10.0 Å². The van der Waals surface area contributed by atoms with E-state index in [1.165, 1.54) is 37.4 Å². The largest absolute Gasteiger partial charge is 0.497 e. The van der Waals surface area contributed by atoms with Crippen LogP contribution in [-0.4, -0.2) is 15.5 Å². The molecule has 0 heterocycles. The van der Waals surface area contributed by atoms with Gasteiger partial charge in [0.1, 0.15) is 11.6 Å². The Morgan fingerprint density at radius 3 is 2.37 bits per heavy atom. The zero-order valence-electron chi connectivity index (χ0n) is 10.1. The molecule has 0 aliphatic rings. The summed E-state index contributed by atoms with van der Waals surface area (Å²) in [7, 11) is -2.23. The number of methoxy groups -OCH3 is 1. The number of anilines is 1. The minimum Gasteiger partial charge on any atom is -0.497 e. The van der Waals surface area contributed by atoms with Crippen molar-refractivity contribution in [3.63, 3.8) is 0 Å². The number of rotatable bonds is 4. The van der Waals surface area contributed by atoms with Gasteiger partial charge in [-0.1, -0.05) is 6.07 Å². The van der Waals surface area contributed by atoms with Crippen LogP contribution >= 0.6 is 0 Å². The van der Waals surface area contributed by atoms with E-state index in [0.29, 0.717) is 5.75 Å². The Bertz CT molecular complexity index is 669. The normalized spacial score (nSPS) is 11.1.